The molecule has 0 aliphatic heterocycles. The molecular formula is C12H14F3N. The van der Waals surface area contributed by atoms with E-state index in [2.05, 4.69) is 12.2 Å². The fraction of sp³-hybridized carbons (Fsp3) is 0.500. The number of rotatable bonds is 3. The molecular weight excluding hydrogens is 215 g/mol. The van der Waals surface area contributed by atoms with E-state index in [1.165, 1.54) is 0 Å². The topological polar surface area (TPSA) is 12.0 Å². The Morgan fingerprint density at radius 2 is 1.69 bits per heavy atom. The van der Waals surface area contributed by atoms with Gasteiger partial charge in [-0.1, -0.05) is 6.92 Å². The molecule has 1 aliphatic rings. The average molecular weight is 229 g/mol. The summed E-state index contributed by atoms with van der Waals surface area (Å²) < 4.78 is 39.0. The second-order valence-electron chi connectivity index (χ2n) is 4.77. The molecule has 88 valence electrons. The molecule has 1 atom stereocenters. The predicted octanol–water partition coefficient (Wildman–Crippen LogP) is 3.70. The molecule has 0 aromatic heterocycles. The summed E-state index contributed by atoms with van der Waals surface area (Å²) in [4.78, 5) is 0. The summed E-state index contributed by atoms with van der Waals surface area (Å²) in [5, 5.41) is 2.90. The van der Waals surface area contributed by atoms with Crippen molar-refractivity contribution < 1.29 is 13.2 Å². The monoisotopic (exact) mass is 229 g/mol. The Hall–Kier alpha value is -1.19. The summed E-state index contributed by atoms with van der Waals surface area (Å²) in [5.74, 6) is -2.94. The van der Waals surface area contributed by atoms with E-state index in [4.69, 9.17) is 0 Å². The Morgan fingerprint density at radius 1 is 1.12 bits per heavy atom. The quantitative estimate of drug-likeness (QED) is 0.779. The van der Waals surface area contributed by atoms with Crippen molar-refractivity contribution in [3.63, 3.8) is 0 Å². The van der Waals surface area contributed by atoms with E-state index in [1.807, 2.05) is 6.92 Å². The number of benzene rings is 1. The van der Waals surface area contributed by atoms with Crippen molar-refractivity contribution in [3.8, 4) is 0 Å². The first-order valence-electron chi connectivity index (χ1n) is 5.33. The van der Waals surface area contributed by atoms with Crippen LogP contribution in [-0.4, -0.2) is 6.04 Å². The molecule has 1 unspecified atom stereocenters. The Balaban J connectivity index is 2.18. The van der Waals surface area contributed by atoms with Crippen LogP contribution >= 0.6 is 0 Å². The van der Waals surface area contributed by atoms with Crippen molar-refractivity contribution in [2.45, 2.75) is 32.7 Å². The van der Waals surface area contributed by atoms with E-state index in [0.717, 1.165) is 18.9 Å². The van der Waals surface area contributed by atoms with E-state index < -0.39 is 17.5 Å². The average Bonchev–Trinajstić information content (AvgIpc) is 2.94. The highest BCUT2D eigenvalue weighted by atomic mass is 19.2. The van der Waals surface area contributed by atoms with E-state index in [0.29, 0.717) is 6.07 Å². The van der Waals surface area contributed by atoms with Gasteiger partial charge in [0.2, 0.25) is 0 Å². The molecule has 1 aromatic carbocycles. The summed E-state index contributed by atoms with van der Waals surface area (Å²) in [6.45, 7) is 4.01. The van der Waals surface area contributed by atoms with Crippen LogP contribution in [0.4, 0.5) is 18.9 Å². The molecule has 0 saturated heterocycles. The van der Waals surface area contributed by atoms with Gasteiger partial charge in [0.25, 0.3) is 0 Å². The van der Waals surface area contributed by atoms with E-state index in [1.54, 1.807) is 0 Å². The highest BCUT2D eigenvalue weighted by Crippen LogP contribution is 2.48. The first kappa shape index (κ1) is 11.3. The van der Waals surface area contributed by atoms with Crippen molar-refractivity contribution in [1.82, 2.24) is 0 Å². The standard InChI is InChI=1S/C12H14F3N/c1-7(12(2)3-4-12)16-11-6-9(14)8(13)5-10(11)15/h5-7,16H,3-4H2,1-2H3. The molecule has 4 heteroatoms. The Bertz CT molecular complexity index is 413. The van der Waals surface area contributed by atoms with Crippen LogP contribution in [0.3, 0.4) is 0 Å². The van der Waals surface area contributed by atoms with Crippen LogP contribution in [0.5, 0.6) is 0 Å². The smallest absolute Gasteiger partial charge is 0.161 e. The van der Waals surface area contributed by atoms with Crippen LogP contribution < -0.4 is 5.32 Å². The van der Waals surface area contributed by atoms with Gasteiger partial charge in [0.05, 0.1) is 5.69 Å². The molecule has 1 N–H and O–H groups in total. The second-order valence-corrected chi connectivity index (χ2v) is 4.77. The molecule has 0 amide bonds. The minimum atomic E-state index is -1.16. The number of hydrogen-bond acceptors (Lipinski definition) is 1. The predicted molar refractivity (Wildman–Crippen MR) is 56.7 cm³/mol. The zero-order chi connectivity index (χ0) is 11.9. The number of halogens is 3. The second kappa shape index (κ2) is 3.68. The third-order valence-electron chi connectivity index (χ3n) is 3.47. The largest absolute Gasteiger partial charge is 0.380 e. The molecule has 2 rings (SSSR count). The van der Waals surface area contributed by atoms with Crippen LogP contribution in [0, 0.1) is 22.9 Å². The minimum Gasteiger partial charge on any atom is -0.380 e. The van der Waals surface area contributed by atoms with Crippen molar-refractivity contribution in [2.24, 2.45) is 5.41 Å². The van der Waals surface area contributed by atoms with Gasteiger partial charge in [-0.05, 0) is 25.2 Å². The zero-order valence-electron chi connectivity index (χ0n) is 9.28. The highest BCUT2D eigenvalue weighted by Gasteiger charge is 2.42. The summed E-state index contributed by atoms with van der Waals surface area (Å²) >= 11 is 0. The number of nitrogens with one attached hydrogen (secondary N) is 1. The van der Waals surface area contributed by atoms with Gasteiger partial charge in [-0.15, -0.1) is 0 Å². The van der Waals surface area contributed by atoms with Crippen LogP contribution in [0.25, 0.3) is 0 Å². The normalized spacial score (nSPS) is 19.3. The van der Waals surface area contributed by atoms with Gasteiger partial charge in [0.15, 0.2) is 11.6 Å². The van der Waals surface area contributed by atoms with E-state index in [9.17, 15) is 13.2 Å². The summed E-state index contributed by atoms with van der Waals surface area (Å²) in [6, 6.07) is 1.49. The first-order valence-corrected chi connectivity index (χ1v) is 5.33. The molecule has 0 heterocycles. The van der Waals surface area contributed by atoms with Crippen LogP contribution in [0.1, 0.15) is 26.7 Å². The molecule has 0 spiro atoms. The molecule has 1 aliphatic carbocycles. The highest BCUT2D eigenvalue weighted by molar-refractivity contribution is 5.46. The summed E-state index contributed by atoms with van der Waals surface area (Å²) in [6.07, 6.45) is 2.15. The maximum atomic E-state index is 13.3. The maximum Gasteiger partial charge on any atom is 0.161 e. The molecule has 1 saturated carbocycles. The summed E-state index contributed by atoms with van der Waals surface area (Å²) in [7, 11) is 0. The van der Waals surface area contributed by atoms with Gasteiger partial charge in [-0.25, -0.2) is 13.2 Å². The lowest BCUT2D eigenvalue weighted by molar-refractivity contribution is 0.480. The zero-order valence-corrected chi connectivity index (χ0v) is 9.28. The Kier molecular flexibility index (Phi) is 2.60. The van der Waals surface area contributed by atoms with Gasteiger partial charge < -0.3 is 5.32 Å². The van der Waals surface area contributed by atoms with Crippen molar-refractivity contribution >= 4 is 5.69 Å². The number of hydrogen-bond donors (Lipinski definition) is 1. The van der Waals surface area contributed by atoms with E-state index in [-0.39, 0.29) is 17.1 Å². The third-order valence-corrected chi connectivity index (χ3v) is 3.47. The van der Waals surface area contributed by atoms with Crippen LogP contribution in [0.15, 0.2) is 12.1 Å². The fourth-order valence-electron chi connectivity index (χ4n) is 1.67. The molecule has 16 heavy (non-hydrogen) atoms. The maximum absolute atomic E-state index is 13.3. The Labute approximate surface area is 92.7 Å². The lowest BCUT2D eigenvalue weighted by atomic mass is 10.0. The Morgan fingerprint density at radius 3 is 2.25 bits per heavy atom. The fourth-order valence-corrected chi connectivity index (χ4v) is 1.67. The van der Waals surface area contributed by atoms with Gasteiger partial charge in [-0.3, -0.25) is 0 Å². The van der Waals surface area contributed by atoms with Crippen molar-refractivity contribution in [3.05, 3.63) is 29.6 Å². The summed E-state index contributed by atoms with van der Waals surface area (Å²) in [5.41, 5.74) is 0.177. The SMILES string of the molecule is CC(Nc1cc(F)c(F)cc1F)C1(C)CC1. The molecule has 1 nitrogen and oxygen atoms in total. The number of anilines is 1. The lowest BCUT2D eigenvalue weighted by Gasteiger charge is -2.21. The first-order chi connectivity index (χ1) is 7.42. The van der Waals surface area contributed by atoms with Crippen LogP contribution in [-0.2, 0) is 0 Å². The molecule has 1 aromatic rings. The van der Waals surface area contributed by atoms with Crippen LogP contribution in [0.2, 0.25) is 0 Å². The van der Waals surface area contributed by atoms with Gasteiger partial charge >= 0.3 is 0 Å². The third kappa shape index (κ3) is 2.01. The van der Waals surface area contributed by atoms with Gasteiger partial charge in [0.1, 0.15) is 5.82 Å². The minimum absolute atomic E-state index is 0.0273. The lowest BCUT2D eigenvalue weighted by Crippen LogP contribution is -2.25. The van der Waals surface area contributed by atoms with Gasteiger partial charge in [-0.2, -0.15) is 0 Å². The van der Waals surface area contributed by atoms with Crippen molar-refractivity contribution in [2.75, 3.05) is 5.32 Å². The molecule has 0 radical (unpaired) electrons. The van der Waals surface area contributed by atoms with Crippen molar-refractivity contribution in [1.29, 1.82) is 0 Å². The molecule has 1 fully saturated rings. The molecule has 0 bridgehead atoms. The van der Waals surface area contributed by atoms with Gasteiger partial charge in [0, 0.05) is 18.2 Å². The van der Waals surface area contributed by atoms with E-state index >= 15 is 0 Å².